The first-order valence-electron chi connectivity index (χ1n) is 9.37. The topological polar surface area (TPSA) is 66.9 Å². The predicted molar refractivity (Wildman–Crippen MR) is 118 cm³/mol. The lowest BCUT2D eigenvalue weighted by molar-refractivity contribution is 0.594. The van der Waals surface area contributed by atoms with E-state index in [4.69, 9.17) is 10.1 Å². The van der Waals surface area contributed by atoms with Crippen molar-refractivity contribution in [3.8, 4) is 11.1 Å². The number of fused-ring (bicyclic) bond motifs is 1. The van der Waals surface area contributed by atoms with Gasteiger partial charge in [-0.05, 0) is 23.7 Å². The molecule has 1 atom stereocenters. The summed E-state index contributed by atoms with van der Waals surface area (Å²) in [6, 6.07) is 20.5. The van der Waals surface area contributed by atoms with Crippen molar-refractivity contribution in [1.29, 1.82) is 0 Å². The Labute approximate surface area is 168 Å². The Balaban J connectivity index is 1.63. The van der Waals surface area contributed by atoms with Gasteiger partial charge < -0.3 is 5.32 Å². The lowest BCUT2D eigenvalue weighted by Gasteiger charge is -2.26. The van der Waals surface area contributed by atoms with Gasteiger partial charge in [0.1, 0.15) is 12.0 Å². The second-order valence-corrected chi connectivity index (χ2v) is 6.96. The molecule has 7 heteroatoms. The molecule has 0 bridgehead atoms. The van der Waals surface area contributed by atoms with Crippen molar-refractivity contribution in [2.24, 2.45) is 22.1 Å². The third-order valence-corrected chi connectivity index (χ3v) is 4.98. The normalized spacial score (nSPS) is 19.7. The standard InChI is InChI=1S/C22H20N7/c1-16-14-20(28(2)26-16)24-22-25-21-15-23-12-13-29(21,27-22)19-11-7-6-10-18(19)17-8-4-3-5-9-17/h3-15H,1-2H3,(H,24,27)/q+1. The van der Waals surface area contributed by atoms with Crippen LogP contribution in [0.15, 0.2) is 88.1 Å². The molecule has 1 N–H and O–H groups in total. The lowest BCUT2D eigenvalue weighted by Crippen LogP contribution is -2.44. The van der Waals surface area contributed by atoms with Gasteiger partial charge in [0, 0.05) is 24.7 Å². The summed E-state index contributed by atoms with van der Waals surface area (Å²) < 4.78 is 1.91. The van der Waals surface area contributed by atoms with Gasteiger partial charge in [-0.3, -0.25) is 9.67 Å². The molecule has 2 aromatic carbocycles. The van der Waals surface area contributed by atoms with Gasteiger partial charge in [-0.15, -0.1) is 0 Å². The molecule has 29 heavy (non-hydrogen) atoms. The fraction of sp³-hybridized carbons (Fsp3) is 0.0909. The summed E-state index contributed by atoms with van der Waals surface area (Å²) in [7, 11) is 1.89. The van der Waals surface area contributed by atoms with Crippen LogP contribution in [0.5, 0.6) is 0 Å². The third kappa shape index (κ3) is 2.88. The Morgan fingerprint density at radius 1 is 1.00 bits per heavy atom. The third-order valence-electron chi connectivity index (χ3n) is 4.98. The predicted octanol–water partition coefficient (Wildman–Crippen LogP) is 4.05. The molecule has 3 aromatic rings. The van der Waals surface area contributed by atoms with Crippen molar-refractivity contribution in [2.45, 2.75) is 6.92 Å². The highest BCUT2D eigenvalue weighted by atomic mass is 15.7. The Morgan fingerprint density at radius 2 is 1.79 bits per heavy atom. The molecular formula is C22H20N7+. The molecule has 2 aliphatic heterocycles. The summed E-state index contributed by atoms with van der Waals surface area (Å²) in [4.78, 5) is 9.01. The minimum Gasteiger partial charge on any atom is -0.305 e. The number of aliphatic imine (C=N–C) groups is 2. The van der Waals surface area contributed by atoms with Crippen LogP contribution in [0.25, 0.3) is 11.1 Å². The molecule has 0 radical (unpaired) electrons. The van der Waals surface area contributed by atoms with E-state index in [0.29, 0.717) is 5.96 Å². The van der Waals surface area contributed by atoms with Crippen LogP contribution in [-0.2, 0) is 7.05 Å². The molecular weight excluding hydrogens is 362 g/mol. The summed E-state index contributed by atoms with van der Waals surface area (Å²) in [5.41, 5.74) is 4.17. The number of rotatable bonds is 3. The molecule has 0 spiro atoms. The van der Waals surface area contributed by atoms with Crippen LogP contribution in [0.3, 0.4) is 0 Å². The maximum Gasteiger partial charge on any atom is 0.288 e. The molecule has 0 fully saturated rings. The van der Waals surface area contributed by atoms with E-state index in [1.807, 2.05) is 56.6 Å². The van der Waals surface area contributed by atoms with Crippen molar-refractivity contribution < 1.29 is 0 Å². The first-order chi connectivity index (χ1) is 14.2. The Kier molecular flexibility index (Phi) is 3.96. The molecule has 0 amide bonds. The summed E-state index contributed by atoms with van der Waals surface area (Å²) in [6.45, 7) is 1.95. The summed E-state index contributed by atoms with van der Waals surface area (Å²) in [5.74, 6) is 2.09. The highest BCUT2D eigenvalue weighted by Gasteiger charge is 2.44. The van der Waals surface area contributed by atoms with Crippen LogP contribution < -0.4 is 9.91 Å². The number of benzene rings is 2. The highest BCUT2D eigenvalue weighted by molar-refractivity contribution is 6.38. The number of guanidine groups is 1. The van der Waals surface area contributed by atoms with Gasteiger partial charge in [0.25, 0.3) is 11.8 Å². The number of nitrogens with zero attached hydrogens (tertiary/aromatic N) is 6. The number of aromatic nitrogens is 2. The number of amidine groups is 1. The monoisotopic (exact) mass is 382 g/mol. The maximum atomic E-state index is 4.96. The van der Waals surface area contributed by atoms with E-state index in [9.17, 15) is 0 Å². The van der Waals surface area contributed by atoms with Gasteiger partial charge >= 0.3 is 0 Å². The second-order valence-electron chi connectivity index (χ2n) is 6.96. The fourth-order valence-electron chi connectivity index (χ4n) is 3.66. The molecule has 3 heterocycles. The maximum absolute atomic E-state index is 4.96. The van der Waals surface area contributed by atoms with Crippen molar-refractivity contribution in [3.63, 3.8) is 0 Å². The van der Waals surface area contributed by atoms with Crippen LogP contribution in [-0.4, -0.2) is 27.8 Å². The second kappa shape index (κ2) is 6.65. The number of nitrogens with one attached hydrogen (secondary N) is 1. The smallest absolute Gasteiger partial charge is 0.288 e. The van der Waals surface area contributed by atoms with Crippen molar-refractivity contribution in [3.05, 3.63) is 78.8 Å². The van der Waals surface area contributed by atoms with Gasteiger partial charge in [-0.25, -0.2) is 0 Å². The van der Waals surface area contributed by atoms with E-state index in [-0.39, 0.29) is 4.59 Å². The van der Waals surface area contributed by atoms with Crippen LogP contribution in [0, 0.1) is 6.92 Å². The minimum atomic E-state index is 0.133. The zero-order valence-corrected chi connectivity index (χ0v) is 16.2. The van der Waals surface area contributed by atoms with Crippen LogP contribution >= 0.6 is 0 Å². The first-order valence-corrected chi connectivity index (χ1v) is 9.37. The Morgan fingerprint density at radius 3 is 2.59 bits per heavy atom. The van der Waals surface area contributed by atoms with Crippen molar-refractivity contribution >= 4 is 29.5 Å². The fourth-order valence-corrected chi connectivity index (χ4v) is 3.66. The molecule has 1 unspecified atom stereocenters. The van der Waals surface area contributed by atoms with Crippen molar-refractivity contribution in [2.75, 3.05) is 5.32 Å². The van der Waals surface area contributed by atoms with E-state index < -0.39 is 0 Å². The van der Waals surface area contributed by atoms with E-state index in [0.717, 1.165) is 34.2 Å². The number of anilines is 1. The molecule has 5 rings (SSSR count). The van der Waals surface area contributed by atoms with E-state index in [1.165, 1.54) is 0 Å². The quantitative estimate of drug-likeness (QED) is 0.695. The van der Waals surface area contributed by atoms with Gasteiger partial charge in [0.05, 0.1) is 11.9 Å². The van der Waals surface area contributed by atoms with E-state index in [2.05, 4.69) is 39.7 Å². The molecule has 0 saturated carbocycles. The number of aryl methyl sites for hydroxylation is 2. The summed E-state index contributed by atoms with van der Waals surface area (Å²) in [6.07, 6.45) is 5.47. The molecule has 2 aliphatic rings. The van der Waals surface area contributed by atoms with Crippen LogP contribution in [0.4, 0.5) is 11.5 Å². The van der Waals surface area contributed by atoms with E-state index in [1.54, 1.807) is 17.1 Å². The minimum absolute atomic E-state index is 0.133. The summed E-state index contributed by atoms with van der Waals surface area (Å²) in [5, 5.41) is 12.6. The molecule has 1 aromatic heterocycles. The average Bonchev–Trinajstić information content (AvgIpc) is 3.28. The zero-order valence-electron chi connectivity index (χ0n) is 16.2. The van der Waals surface area contributed by atoms with E-state index >= 15 is 0 Å². The largest absolute Gasteiger partial charge is 0.305 e. The number of hydrogen-bond donors (Lipinski definition) is 1. The molecule has 0 aliphatic carbocycles. The SMILES string of the molecule is Cc1cc(NC2=N[N+]3(c4ccccc4-c4ccccc4)C=CN=CC3=N2)n(C)n1. The average molecular weight is 382 g/mol. The lowest BCUT2D eigenvalue weighted by atomic mass is 10.0. The van der Waals surface area contributed by atoms with Crippen LogP contribution in [0.1, 0.15) is 5.69 Å². The first kappa shape index (κ1) is 17.3. The number of quaternary nitrogens is 1. The Hall–Kier alpha value is -3.84. The molecule has 142 valence electrons. The number of hydrogen-bond acceptors (Lipinski definition) is 5. The molecule has 7 nitrogen and oxygen atoms in total. The van der Waals surface area contributed by atoms with Gasteiger partial charge in [0.15, 0.2) is 11.9 Å². The van der Waals surface area contributed by atoms with Gasteiger partial charge in [0.2, 0.25) is 0 Å². The van der Waals surface area contributed by atoms with Gasteiger partial charge in [-0.1, -0.05) is 47.1 Å². The molecule has 0 saturated heterocycles. The van der Waals surface area contributed by atoms with Crippen LogP contribution in [0.2, 0.25) is 0 Å². The van der Waals surface area contributed by atoms with Crippen molar-refractivity contribution in [1.82, 2.24) is 14.4 Å². The van der Waals surface area contributed by atoms with Gasteiger partial charge in [-0.2, -0.15) is 10.1 Å². The summed E-state index contributed by atoms with van der Waals surface area (Å²) >= 11 is 0. The number of para-hydroxylation sites is 1. The zero-order chi connectivity index (χ0) is 19.8. The highest BCUT2D eigenvalue weighted by Crippen LogP contribution is 2.39. The Bertz CT molecular complexity index is 1200.